The zero-order chi connectivity index (χ0) is 13.2. The Kier molecular flexibility index (Phi) is 3.35. The second kappa shape index (κ2) is 5.14. The second-order valence-corrected chi connectivity index (χ2v) is 6.00. The molecule has 19 heavy (non-hydrogen) atoms. The predicted molar refractivity (Wildman–Crippen MR) is 76.3 cm³/mol. The van der Waals surface area contributed by atoms with E-state index in [1.165, 1.54) is 4.88 Å². The van der Waals surface area contributed by atoms with Crippen LogP contribution in [0.3, 0.4) is 0 Å². The number of carbonyl (C=O) groups excluding carboxylic acids is 1. The van der Waals surface area contributed by atoms with Gasteiger partial charge in [0.25, 0.3) is 0 Å². The Hall–Kier alpha value is -1.66. The van der Waals surface area contributed by atoms with Crippen LogP contribution in [0.4, 0.5) is 5.82 Å². The van der Waals surface area contributed by atoms with Crippen molar-refractivity contribution in [1.29, 1.82) is 0 Å². The highest BCUT2D eigenvalue weighted by Crippen LogP contribution is 2.27. The number of hydrogen-bond acceptors (Lipinski definition) is 4. The van der Waals surface area contributed by atoms with Crippen molar-refractivity contribution in [3.05, 3.63) is 23.1 Å². The van der Waals surface area contributed by atoms with Crippen LogP contribution in [0.2, 0.25) is 0 Å². The Balaban J connectivity index is 1.69. The average molecular weight is 276 g/mol. The largest absolute Gasteiger partial charge is 0.308 e. The first kappa shape index (κ1) is 12.4. The first-order chi connectivity index (χ1) is 9.22. The Morgan fingerprint density at radius 2 is 2.42 bits per heavy atom. The summed E-state index contributed by atoms with van der Waals surface area (Å²) < 4.78 is 0. The smallest absolute Gasteiger partial charge is 0.242 e. The van der Waals surface area contributed by atoms with Crippen LogP contribution >= 0.6 is 11.3 Å². The number of thiophene rings is 1. The number of nitrogens with zero attached hydrogens (tertiary/aromatic N) is 1. The van der Waals surface area contributed by atoms with E-state index >= 15 is 0 Å². The van der Waals surface area contributed by atoms with E-state index < -0.39 is 0 Å². The Morgan fingerprint density at radius 3 is 3.11 bits per heavy atom. The van der Waals surface area contributed by atoms with Gasteiger partial charge in [0.15, 0.2) is 5.82 Å². The van der Waals surface area contributed by atoms with E-state index in [0.29, 0.717) is 5.82 Å². The molecule has 0 aromatic carbocycles. The molecule has 0 bridgehead atoms. The van der Waals surface area contributed by atoms with Crippen molar-refractivity contribution in [2.45, 2.75) is 25.8 Å². The van der Waals surface area contributed by atoms with Crippen molar-refractivity contribution >= 4 is 23.1 Å². The fraction of sp³-hybridized carbons (Fsp3) is 0.385. The number of rotatable bonds is 3. The summed E-state index contributed by atoms with van der Waals surface area (Å²) >= 11 is 1.70. The van der Waals surface area contributed by atoms with Gasteiger partial charge in [0.2, 0.25) is 5.91 Å². The molecule has 5 nitrogen and oxygen atoms in total. The molecular formula is C13H16N4OS. The fourth-order valence-corrected chi connectivity index (χ4v) is 3.05. The van der Waals surface area contributed by atoms with Gasteiger partial charge in [0.1, 0.15) is 0 Å². The molecule has 1 amide bonds. The second-order valence-electron chi connectivity index (χ2n) is 4.72. The molecule has 1 aliphatic rings. The van der Waals surface area contributed by atoms with Crippen LogP contribution < -0.4 is 10.6 Å². The quantitative estimate of drug-likeness (QED) is 0.804. The van der Waals surface area contributed by atoms with E-state index in [1.54, 1.807) is 11.3 Å². The number of aromatic nitrogens is 2. The molecule has 1 fully saturated rings. The third kappa shape index (κ3) is 2.69. The van der Waals surface area contributed by atoms with Gasteiger partial charge in [0, 0.05) is 10.9 Å². The van der Waals surface area contributed by atoms with E-state index in [9.17, 15) is 4.79 Å². The van der Waals surface area contributed by atoms with Crippen molar-refractivity contribution in [2.24, 2.45) is 0 Å². The first-order valence-corrected chi connectivity index (χ1v) is 7.20. The van der Waals surface area contributed by atoms with Crippen LogP contribution in [0, 0.1) is 6.92 Å². The molecule has 0 aliphatic carbocycles. The number of nitrogens with one attached hydrogen (secondary N) is 3. The maximum atomic E-state index is 11.9. The number of aromatic amines is 1. The minimum absolute atomic E-state index is 0.00194. The maximum absolute atomic E-state index is 11.9. The molecular weight excluding hydrogens is 260 g/mol. The topological polar surface area (TPSA) is 69.8 Å². The Bertz CT molecular complexity index is 583. The highest BCUT2D eigenvalue weighted by atomic mass is 32.1. The van der Waals surface area contributed by atoms with Gasteiger partial charge in [0.05, 0.1) is 16.6 Å². The molecule has 6 heteroatoms. The predicted octanol–water partition coefficient (Wildman–Crippen LogP) is 2.14. The minimum Gasteiger partial charge on any atom is -0.308 e. The van der Waals surface area contributed by atoms with Crippen molar-refractivity contribution in [1.82, 2.24) is 15.5 Å². The highest BCUT2D eigenvalue weighted by Gasteiger charge is 2.22. The number of anilines is 1. The summed E-state index contributed by atoms with van der Waals surface area (Å²) in [6.07, 6.45) is 1.95. The summed E-state index contributed by atoms with van der Waals surface area (Å²) in [6.45, 7) is 2.98. The average Bonchev–Trinajstić information content (AvgIpc) is 3.07. The lowest BCUT2D eigenvalue weighted by Gasteiger charge is -2.08. The van der Waals surface area contributed by atoms with Crippen LogP contribution in [0.15, 0.2) is 18.2 Å². The minimum atomic E-state index is -0.0795. The summed E-state index contributed by atoms with van der Waals surface area (Å²) in [6, 6.07) is 5.92. The van der Waals surface area contributed by atoms with Crippen molar-refractivity contribution in [3.8, 4) is 10.6 Å². The van der Waals surface area contributed by atoms with Gasteiger partial charge in [-0.05, 0) is 38.4 Å². The molecule has 1 atom stereocenters. The summed E-state index contributed by atoms with van der Waals surface area (Å²) in [4.78, 5) is 14.3. The lowest BCUT2D eigenvalue weighted by molar-refractivity contribution is -0.117. The lowest BCUT2D eigenvalue weighted by atomic mass is 10.2. The molecule has 1 aliphatic heterocycles. The first-order valence-electron chi connectivity index (χ1n) is 6.39. The van der Waals surface area contributed by atoms with Crippen LogP contribution in [-0.2, 0) is 4.79 Å². The van der Waals surface area contributed by atoms with E-state index in [4.69, 9.17) is 0 Å². The number of aryl methyl sites for hydroxylation is 1. The SMILES string of the molecule is Cc1ccc(-c2cc(NC(=O)C3CCCN3)n[nH]2)s1. The van der Waals surface area contributed by atoms with E-state index in [-0.39, 0.29) is 11.9 Å². The number of carbonyl (C=O) groups is 1. The normalized spacial score (nSPS) is 18.7. The van der Waals surface area contributed by atoms with Crippen molar-refractivity contribution < 1.29 is 4.79 Å². The Morgan fingerprint density at radius 1 is 1.53 bits per heavy atom. The van der Waals surface area contributed by atoms with E-state index in [2.05, 4.69) is 39.9 Å². The molecule has 2 aromatic rings. The van der Waals surface area contributed by atoms with Crippen LogP contribution in [-0.4, -0.2) is 28.7 Å². The van der Waals surface area contributed by atoms with Gasteiger partial charge < -0.3 is 10.6 Å². The Labute approximate surface area is 115 Å². The molecule has 2 aromatic heterocycles. The fourth-order valence-electron chi connectivity index (χ4n) is 2.21. The molecule has 100 valence electrons. The number of H-pyrrole nitrogens is 1. The molecule has 0 saturated carbocycles. The zero-order valence-electron chi connectivity index (χ0n) is 10.7. The molecule has 3 rings (SSSR count). The monoisotopic (exact) mass is 276 g/mol. The van der Waals surface area contributed by atoms with E-state index in [0.717, 1.165) is 30.0 Å². The standard InChI is InChI=1S/C13H16N4OS/c1-8-4-5-11(19-8)10-7-12(17-16-10)15-13(18)9-3-2-6-14-9/h4-5,7,9,14H,2-3,6H2,1H3,(H2,15,16,17,18). The van der Waals surface area contributed by atoms with Gasteiger partial charge in [-0.15, -0.1) is 11.3 Å². The summed E-state index contributed by atoms with van der Waals surface area (Å²) in [5.41, 5.74) is 0.938. The third-order valence-corrected chi connectivity index (χ3v) is 4.25. The van der Waals surface area contributed by atoms with Gasteiger partial charge in [-0.2, -0.15) is 5.10 Å². The van der Waals surface area contributed by atoms with Crippen LogP contribution in [0.25, 0.3) is 10.6 Å². The number of hydrogen-bond donors (Lipinski definition) is 3. The van der Waals surface area contributed by atoms with Gasteiger partial charge in [-0.1, -0.05) is 0 Å². The zero-order valence-corrected chi connectivity index (χ0v) is 11.5. The summed E-state index contributed by atoms with van der Waals surface area (Å²) in [5.74, 6) is 0.581. The van der Waals surface area contributed by atoms with Gasteiger partial charge in [-0.3, -0.25) is 9.89 Å². The molecule has 0 radical (unpaired) electrons. The molecule has 1 saturated heterocycles. The van der Waals surface area contributed by atoms with Crippen molar-refractivity contribution in [2.75, 3.05) is 11.9 Å². The third-order valence-electron chi connectivity index (χ3n) is 3.21. The summed E-state index contributed by atoms with van der Waals surface area (Å²) in [7, 11) is 0. The lowest BCUT2D eigenvalue weighted by Crippen LogP contribution is -2.35. The molecule has 1 unspecified atom stereocenters. The van der Waals surface area contributed by atoms with E-state index in [1.807, 2.05) is 6.07 Å². The maximum Gasteiger partial charge on any atom is 0.242 e. The summed E-state index contributed by atoms with van der Waals surface area (Å²) in [5, 5.41) is 13.1. The van der Waals surface area contributed by atoms with Gasteiger partial charge in [-0.25, -0.2) is 0 Å². The molecule has 3 N–H and O–H groups in total. The number of amides is 1. The van der Waals surface area contributed by atoms with Gasteiger partial charge >= 0.3 is 0 Å². The van der Waals surface area contributed by atoms with Crippen LogP contribution in [0.5, 0.6) is 0 Å². The van der Waals surface area contributed by atoms with Crippen molar-refractivity contribution in [3.63, 3.8) is 0 Å². The molecule has 3 heterocycles. The molecule has 0 spiro atoms. The van der Waals surface area contributed by atoms with Crippen LogP contribution in [0.1, 0.15) is 17.7 Å². The highest BCUT2D eigenvalue weighted by molar-refractivity contribution is 7.15.